The molecule has 0 amide bonds. The number of aromatic nitrogens is 4. The van der Waals surface area contributed by atoms with Crippen LogP contribution in [0.25, 0.3) is 22.3 Å². The number of hydrogen-bond donors (Lipinski definition) is 0. The fraction of sp³-hybridized carbons (Fsp3) is 0.400. The second-order valence-corrected chi connectivity index (χ2v) is 11.0. The van der Waals surface area contributed by atoms with Crippen molar-refractivity contribution in [3.8, 4) is 17.3 Å². The molecule has 0 N–H and O–H groups in total. The topological polar surface area (TPSA) is 79.9 Å². The number of ether oxygens (including phenoxy) is 1. The number of benzene rings is 1. The van der Waals surface area contributed by atoms with Gasteiger partial charge in [0.05, 0.1) is 41.0 Å². The van der Waals surface area contributed by atoms with Gasteiger partial charge in [0.25, 0.3) is 0 Å². The van der Waals surface area contributed by atoms with E-state index in [1.807, 2.05) is 12.1 Å². The number of halogens is 1. The van der Waals surface area contributed by atoms with E-state index in [-0.39, 0.29) is 6.04 Å². The Balaban J connectivity index is 1.55. The van der Waals surface area contributed by atoms with Crippen molar-refractivity contribution in [1.29, 1.82) is 5.26 Å². The first-order chi connectivity index (χ1) is 18.6. The number of rotatable bonds is 5. The highest BCUT2D eigenvalue weighted by Gasteiger charge is 2.31. The Morgan fingerprint density at radius 3 is 2.66 bits per heavy atom. The van der Waals surface area contributed by atoms with E-state index < -0.39 is 0 Å². The molecule has 38 heavy (non-hydrogen) atoms. The van der Waals surface area contributed by atoms with Gasteiger partial charge >= 0.3 is 0 Å². The maximum atomic E-state index is 9.81. The van der Waals surface area contributed by atoms with Crippen LogP contribution in [0.1, 0.15) is 49.9 Å². The molecule has 1 saturated heterocycles. The number of pyridine rings is 2. The Kier molecular flexibility index (Phi) is 7.01. The Labute approximate surface area is 228 Å². The molecule has 1 saturated carbocycles. The number of morpholine rings is 1. The fourth-order valence-corrected chi connectivity index (χ4v) is 6.07. The highest BCUT2D eigenvalue weighted by molar-refractivity contribution is 6.30. The second kappa shape index (κ2) is 10.7. The van der Waals surface area contributed by atoms with E-state index in [2.05, 4.69) is 51.7 Å². The predicted octanol–water partition coefficient (Wildman–Crippen LogP) is 6.42. The quantitative estimate of drug-likeness (QED) is 0.298. The number of hydrogen-bond acceptors (Lipinski definition) is 6. The van der Waals surface area contributed by atoms with E-state index in [9.17, 15) is 5.26 Å². The molecule has 4 heterocycles. The lowest BCUT2D eigenvalue weighted by atomic mass is 9.83. The van der Waals surface area contributed by atoms with Crippen molar-refractivity contribution < 1.29 is 4.74 Å². The van der Waals surface area contributed by atoms with Gasteiger partial charge in [0, 0.05) is 37.1 Å². The third kappa shape index (κ3) is 4.87. The van der Waals surface area contributed by atoms with Crippen LogP contribution in [0.3, 0.4) is 0 Å². The van der Waals surface area contributed by atoms with E-state index in [0.29, 0.717) is 35.5 Å². The monoisotopic (exact) mass is 526 g/mol. The van der Waals surface area contributed by atoms with Gasteiger partial charge in [0.15, 0.2) is 0 Å². The zero-order valence-electron chi connectivity index (χ0n) is 21.6. The first-order valence-corrected chi connectivity index (χ1v) is 13.8. The molecule has 0 bridgehead atoms. The lowest BCUT2D eigenvalue weighted by Crippen LogP contribution is -2.41. The molecule has 194 valence electrons. The van der Waals surface area contributed by atoms with Gasteiger partial charge in [-0.15, -0.1) is 0 Å². The summed E-state index contributed by atoms with van der Waals surface area (Å²) in [7, 11) is 0. The van der Waals surface area contributed by atoms with Gasteiger partial charge in [-0.1, -0.05) is 61.7 Å². The first-order valence-electron chi connectivity index (χ1n) is 13.4. The molecule has 1 aliphatic carbocycles. The average molecular weight is 527 g/mol. The zero-order chi connectivity index (χ0) is 26.1. The highest BCUT2D eigenvalue weighted by Crippen LogP contribution is 2.38. The summed E-state index contributed by atoms with van der Waals surface area (Å²) < 4.78 is 8.30. The van der Waals surface area contributed by atoms with Crippen LogP contribution in [0.15, 0.2) is 54.9 Å². The molecule has 6 rings (SSSR count). The van der Waals surface area contributed by atoms with E-state index >= 15 is 0 Å². The maximum absolute atomic E-state index is 9.81. The van der Waals surface area contributed by atoms with Gasteiger partial charge in [0.1, 0.15) is 11.8 Å². The first kappa shape index (κ1) is 24.8. The summed E-state index contributed by atoms with van der Waals surface area (Å²) in [5.74, 6) is 2.24. The molecule has 4 aromatic rings. The third-order valence-corrected chi connectivity index (χ3v) is 8.15. The van der Waals surface area contributed by atoms with Crippen molar-refractivity contribution in [2.75, 3.05) is 24.7 Å². The number of imidazole rings is 1. The van der Waals surface area contributed by atoms with Crippen molar-refractivity contribution in [2.24, 2.45) is 11.8 Å². The number of anilines is 1. The highest BCUT2D eigenvalue weighted by atomic mass is 35.5. The summed E-state index contributed by atoms with van der Waals surface area (Å²) in [4.78, 5) is 16.7. The molecule has 7 nitrogen and oxygen atoms in total. The Morgan fingerprint density at radius 2 is 1.89 bits per heavy atom. The maximum Gasteiger partial charge on any atom is 0.207 e. The van der Waals surface area contributed by atoms with Crippen molar-refractivity contribution in [3.05, 3.63) is 71.1 Å². The second-order valence-electron chi connectivity index (χ2n) is 10.6. The molecule has 2 fully saturated rings. The molecule has 1 aliphatic heterocycles. The van der Waals surface area contributed by atoms with Gasteiger partial charge in [-0.2, -0.15) is 5.26 Å². The Morgan fingerprint density at radius 1 is 1.08 bits per heavy atom. The molecular weight excluding hydrogens is 496 g/mol. The summed E-state index contributed by atoms with van der Waals surface area (Å²) >= 11 is 6.34. The third-order valence-electron chi connectivity index (χ3n) is 7.94. The SMILES string of the molecule is CC1CCC(Cn2c(N3CCOC[C@H]3c3ccccc3)nc3cc(C#N)nc(-c4cncc(Cl)c4)c32)CC1. The molecule has 3 aromatic heterocycles. The van der Waals surface area contributed by atoms with Crippen LogP contribution < -0.4 is 4.90 Å². The van der Waals surface area contributed by atoms with Crippen LogP contribution in [0.5, 0.6) is 0 Å². The van der Waals surface area contributed by atoms with Gasteiger partial charge in [-0.05, 0) is 36.3 Å². The number of fused-ring (bicyclic) bond motifs is 1. The molecule has 0 spiro atoms. The summed E-state index contributed by atoms with van der Waals surface area (Å²) in [5.41, 5.74) is 4.71. The van der Waals surface area contributed by atoms with Crippen molar-refractivity contribution in [2.45, 2.75) is 45.2 Å². The Bertz CT molecular complexity index is 1470. The molecule has 1 aromatic carbocycles. The van der Waals surface area contributed by atoms with Crippen molar-refractivity contribution >= 4 is 28.6 Å². The number of nitriles is 1. The molecule has 8 heteroatoms. The van der Waals surface area contributed by atoms with Gasteiger partial charge in [-0.25, -0.2) is 9.97 Å². The lowest BCUT2D eigenvalue weighted by Gasteiger charge is -2.37. The average Bonchev–Trinajstić information content (AvgIpc) is 3.32. The minimum atomic E-state index is 0.0478. The molecular formula is C30H31ClN6O. The van der Waals surface area contributed by atoms with E-state index in [1.54, 1.807) is 18.5 Å². The summed E-state index contributed by atoms with van der Waals surface area (Å²) in [5, 5.41) is 10.3. The lowest BCUT2D eigenvalue weighted by molar-refractivity contribution is 0.0927. The van der Waals surface area contributed by atoms with Crippen LogP contribution in [0, 0.1) is 23.2 Å². The van der Waals surface area contributed by atoms with Crippen molar-refractivity contribution in [1.82, 2.24) is 19.5 Å². The van der Waals surface area contributed by atoms with Gasteiger partial charge < -0.3 is 14.2 Å². The van der Waals surface area contributed by atoms with Gasteiger partial charge in [0.2, 0.25) is 5.95 Å². The predicted molar refractivity (Wildman–Crippen MR) is 149 cm³/mol. The summed E-state index contributed by atoms with van der Waals surface area (Å²) in [6.07, 6.45) is 8.26. The van der Waals surface area contributed by atoms with Gasteiger partial charge in [-0.3, -0.25) is 4.98 Å². The van der Waals surface area contributed by atoms with Crippen LogP contribution in [-0.2, 0) is 11.3 Å². The molecule has 0 radical (unpaired) electrons. The summed E-state index contributed by atoms with van der Waals surface area (Å²) in [6.45, 7) is 5.17. The summed E-state index contributed by atoms with van der Waals surface area (Å²) in [6, 6.07) is 16.4. The molecule has 1 atom stereocenters. The van der Waals surface area contributed by atoms with E-state index in [1.165, 1.54) is 31.2 Å². The van der Waals surface area contributed by atoms with Crippen LogP contribution in [-0.4, -0.2) is 39.3 Å². The minimum absolute atomic E-state index is 0.0478. The van der Waals surface area contributed by atoms with Crippen LogP contribution in [0.4, 0.5) is 5.95 Å². The smallest absolute Gasteiger partial charge is 0.207 e. The van der Waals surface area contributed by atoms with E-state index in [0.717, 1.165) is 41.6 Å². The Hall–Kier alpha value is -3.47. The largest absolute Gasteiger partial charge is 0.377 e. The molecule has 0 unspecified atom stereocenters. The van der Waals surface area contributed by atoms with E-state index in [4.69, 9.17) is 26.3 Å². The van der Waals surface area contributed by atoms with Crippen LogP contribution in [0.2, 0.25) is 5.02 Å². The van der Waals surface area contributed by atoms with Crippen LogP contribution >= 0.6 is 11.6 Å². The minimum Gasteiger partial charge on any atom is -0.377 e. The normalized spacial score (nSPS) is 21.9. The zero-order valence-corrected chi connectivity index (χ0v) is 22.3. The van der Waals surface area contributed by atoms with Crippen molar-refractivity contribution in [3.63, 3.8) is 0 Å². The fourth-order valence-electron chi connectivity index (χ4n) is 5.90. The molecule has 2 aliphatic rings. The number of nitrogens with zero attached hydrogens (tertiary/aromatic N) is 6. The standard InChI is InChI=1S/C30H31ClN6O/c1-20-7-9-21(10-8-20)18-37-29-26(14-25(15-32)34-28(29)23-13-24(31)17-33-16-23)35-30(37)36-11-12-38-19-27(36)22-5-3-2-4-6-22/h2-6,13-14,16-17,20-21,27H,7-12,18-19H2,1H3/t20?,21?,27-/m0/s1.